The number of hydrogen-bond acceptors (Lipinski definition) is 4. The molecular weight excluding hydrogens is 320 g/mol. The zero-order valence-electron chi connectivity index (χ0n) is 15.5. The van der Waals surface area contributed by atoms with Crippen molar-refractivity contribution in [2.45, 2.75) is 32.7 Å². The molecule has 7 heteroatoms. The third kappa shape index (κ3) is 4.36. The number of nitrogens with zero attached hydrogens (tertiary/aromatic N) is 2. The van der Waals surface area contributed by atoms with Gasteiger partial charge in [0.15, 0.2) is 0 Å². The summed E-state index contributed by atoms with van der Waals surface area (Å²) in [6, 6.07) is 4.45. The van der Waals surface area contributed by atoms with Gasteiger partial charge in [0.05, 0.1) is 11.1 Å². The van der Waals surface area contributed by atoms with E-state index in [1.54, 1.807) is 18.2 Å². The van der Waals surface area contributed by atoms with Crippen LogP contribution in [-0.2, 0) is 0 Å². The van der Waals surface area contributed by atoms with E-state index in [9.17, 15) is 14.4 Å². The fraction of sp³-hybridized carbons (Fsp3) is 0.500. The molecular formula is C18H26N4O3. The van der Waals surface area contributed by atoms with E-state index in [0.717, 1.165) is 13.0 Å². The van der Waals surface area contributed by atoms with Crippen LogP contribution in [-0.4, -0.2) is 60.4 Å². The van der Waals surface area contributed by atoms with E-state index < -0.39 is 5.54 Å². The van der Waals surface area contributed by atoms with E-state index in [1.807, 2.05) is 39.8 Å². The fourth-order valence-corrected chi connectivity index (χ4v) is 2.70. The highest BCUT2D eigenvalue weighted by Crippen LogP contribution is 2.30. The van der Waals surface area contributed by atoms with Gasteiger partial charge in [-0.05, 0) is 66.0 Å². The lowest BCUT2D eigenvalue weighted by Gasteiger charge is -2.29. The summed E-state index contributed by atoms with van der Waals surface area (Å²) in [5.74, 6) is -0.630. The Morgan fingerprint density at radius 1 is 1.12 bits per heavy atom. The summed E-state index contributed by atoms with van der Waals surface area (Å²) >= 11 is 0. The first-order valence-corrected chi connectivity index (χ1v) is 8.34. The van der Waals surface area contributed by atoms with Gasteiger partial charge in [0.25, 0.3) is 11.8 Å². The Hall–Kier alpha value is -2.41. The monoisotopic (exact) mass is 346 g/mol. The second kappa shape index (κ2) is 7.23. The smallest absolute Gasteiger partial charge is 0.319 e. The maximum absolute atomic E-state index is 12.5. The number of imide groups is 1. The van der Waals surface area contributed by atoms with Crippen molar-refractivity contribution in [3.8, 4) is 0 Å². The molecule has 25 heavy (non-hydrogen) atoms. The third-order valence-corrected chi connectivity index (χ3v) is 3.88. The number of nitrogens with one attached hydrogen (secondary N) is 2. The van der Waals surface area contributed by atoms with Gasteiger partial charge in [-0.25, -0.2) is 4.79 Å². The first-order chi connectivity index (χ1) is 11.6. The molecule has 0 atom stereocenters. The van der Waals surface area contributed by atoms with E-state index in [1.165, 1.54) is 4.90 Å². The number of rotatable bonds is 5. The molecule has 0 aliphatic carbocycles. The van der Waals surface area contributed by atoms with Crippen molar-refractivity contribution in [3.63, 3.8) is 0 Å². The Bertz CT molecular complexity index is 692. The van der Waals surface area contributed by atoms with Crippen molar-refractivity contribution in [2.24, 2.45) is 0 Å². The average Bonchev–Trinajstić information content (AvgIpc) is 2.74. The predicted molar refractivity (Wildman–Crippen MR) is 96.9 cm³/mol. The minimum absolute atomic E-state index is 0.299. The Labute approximate surface area is 148 Å². The highest BCUT2D eigenvalue weighted by atomic mass is 16.2. The quantitative estimate of drug-likeness (QED) is 0.632. The summed E-state index contributed by atoms with van der Waals surface area (Å²) in [5, 5.41) is 5.47. The lowest BCUT2D eigenvalue weighted by atomic mass is 10.1. The summed E-state index contributed by atoms with van der Waals surface area (Å²) in [4.78, 5) is 40.2. The van der Waals surface area contributed by atoms with Crippen LogP contribution in [0.25, 0.3) is 0 Å². The van der Waals surface area contributed by atoms with Crippen LogP contribution in [0, 0.1) is 0 Å². The molecule has 0 saturated heterocycles. The highest BCUT2D eigenvalue weighted by molar-refractivity contribution is 6.22. The Morgan fingerprint density at radius 2 is 1.76 bits per heavy atom. The summed E-state index contributed by atoms with van der Waals surface area (Å²) in [6.07, 6.45) is 0.845. The van der Waals surface area contributed by atoms with Crippen LogP contribution in [0.4, 0.5) is 10.5 Å². The molecule has 0 aromatic heterocycles. The molecule has 0 bridgehead atoms. The molecule has 4 amide bonds. The SMILES string of the molecule is CN(C)CCCNC(=O)Nc1ccc2c(c1)C(=O)N(C(C)(C)C)C2=O. The molecule has 0 radical (unpaired) electrons. The largest absolute Gasteiger partial charge is 0.338 e. The maximum atomic E-state index is 12.5. The maximum Gasteiger partial charge on any atom is 0.319 e. The first-order valence-electron chi connectivity index (χ1n) is 8.34. The molecule has 1 aliphatic heterocycles. The second-order valence-electron chi connectivity index (χ2n) is 7.41. The molecule has 1 aromatic carbocycles. The van der Waals surface area contributed by atoms with Crippen molar-refractivity contribution in [3.05, 3.63) is 29.3 Å². The third-order valence-electron chi connectivity index (χ3n) is 3.88. The van der Waals surface area contributed by atoms with E-state index in [0.29, 0.717) is 23.4 Å². The van der Waals surface area contributed by atoms with Crippen molar-refractivity contribution >= 4 is 23.5 Å². The fourth-order valence-electron chi connectivity index (χ4n) is 2.70. The zero-order valence-corrected chi connectivity index (χ0v) is 15.5. The van der Waals surface area contributed by atoms with Gasteiger partial charge in [0.1, 0.15) is 0 Å². The van der Waals surface area contributed by atoms with Crippen LogP contribution in [0.3, 0.4) is 0 Å². The van der Waals surface area contributed by atoms with E-state index >= 15 is 0 Å². The molecule has 1 heterocycles. The van der Waals surface area contributed by atoms with Gasteiger partial charge in [-0.2, -0.15) is 0 Å². The zero-order chi connectivity index (χ0) is 18.8. The van der Waals surface area contributed by atoms with Gasteiger partial charge in [-0.15, -0.1) is 0 Å². The number of urea groups is 1. The van der Waals surface area contributed by atoms with Crippen LogP contribution in [0.1, 0.15) is 47.9 Å². The molecule has 7 nitrogen and oxygen atoms in total. The number of carbonyl (C=O) groups is 3. The number of benzene rings is 1. The number of fused-ring (bicyclic) bond motifs is 1. The van der Waals surface area contributed by atoms with Crippen LogP contribution in [0.15, 0.2) is 18.2 Å². The minimum atomic E-state index is -0.593. The number of amides is 4. The molecule has 0 unspecified atom stereocenters. The number of anilines is 1. The molecule has 0 fully saturated rings. The van der Waals surface area contributed by atoms with Crippen LogP contribution in [0.5, 0.6) is 0 Å². The van der Waals surface area contributed by atoms with Crippen LogP contribution in [0.2, 0.25) is 0 Å². The van der Waals surface area contributed by atoms with E-state index in [2.05, 4.69) is 10.6 Å². The average molecular weight is 346 g/mol. The van der Waals surface area contributed by atoms with Crippen molar-refractivity contribution in [2.75, 3.05) is 32.5 Å². The summed E-state index contributed by atoms with van der Waals surface area (Å²) in [6.45, 7) is 6.89. The molecule has 136 valence electrons. The molecule has 1 aliphatic rings. The Balaban J connectivity index is 2.03. The first kappa shape index (κ1) is 18.9. The van der Waals surface area contributed by atoms with Crippen LogP contribution >= 0.6 is 0 Å². The van der Waals surface area contributed by atoms with Crippen molar-refractivity contribution in [1.82, 2.24) is 15.1 Å². The van der Waals surface area contributed by atoms with Gasteiger partial charge in [0.2, 0.25) is 0 Å². The van der Waals surface area contributed by atoms with E-state index in [4.69, 9.17) is 0 Å². The Kier molecular flexibility index (Phi) is 5.47. The number of carbonyl (C=O) groups excluding carboxylic acids is 3. The molecule has 2 N–H and O–H groups in total. The van der Waals surface area contributed by atoms with Crippen LogP contribution < -0.4 is 10.6 Å². The van der Waals surface area contributed by atoms with Crippen molar-refractivity contribution in [1.29, 1.82) is 0 Å². The van der Waals surface area contributed by atoms with Gasteiger partial charge in [-0.3, -0.25) is 14.5 Å². The van der Waals surface area contributed by atoms with Gasteiger partial charge >= 0.3 is 6.03 Å². The van der Waals surface area contributed by atoms with Gasteiger partial charge in [-0.1, -0.05) is 0 Å². The standard InChI is InChI=1S/C18H26N4O3/c1-18(2,3)22-15(23)13-8-7-12(11-14(13)16(22)24)20-17(25)19-9-6-10-21(4)5/h7-8,11H,6,9-10H2,1-5H3,(H2,19,20,25). The van der Waals surface area contributed by atoms with Gasteiger partial charge in [0, 0.05) is 17.8 Å². The minimum Gasteiger partial charge on any atom is -0.338 e. The van der Waals surface area contributed by atoms with Gasteiger partial charge < -0.3 is 15.5 Å². The molecule has 0 saturated carbocycles. The summed E-state index contributed by atoms with van der Waals surface area (Å²) < 4.78 is 0. The van der Waals surface area contributed by atoms with E-state index in [-0.39, 0.29) is 17.8 Å². The predicted octanol–water partition coefficient (Wildman–Crippen LogP) is 2.15. The normalized spacial score (nSPS) is 14.1. The van der Waals surface area contributed by atoms with Crippen molar-refractivity contribution < 1.29 is 14.4 Å². The number of hydrogen-bond donors (Lipinski definition) is 2. The molecule has 1 aromatic rings. The topological polar surface area (TPSA) is 81.8 Å². The lowest BCUT2D eigenvalue weighted by Crippen LogP contribution is -2.45. The molecule has 0 spiro atoms. The summed E-state index contributed by atoms with van der Waals surface area (Å²) in [7, 11) is 3.95. The summed E-state index contributed by atoms with van der Waals surface area (Å²) in [5.41, 5.74) is 0.591. The molecule has 2 rings (SSSR count). The highest BCUT2D eigenvalue weighted by Gasteiger charge is 2.41. The second-order valence-corrected chi connectivity index (χ2v) is 7.41. The Morgan fingerprint density at radius 3 is 2.36 bits per heavy atom. The lowest BCUT2D eigenvalue weighted by molar-refractivity contribution is 0.0507.